The van der Waals surface area contributed by atoms with Crippen molar-refractivity contribution in [3.8, 4) is 11.5 Å². The van der Waals surface area contributed by atoms with E-state index >= 15 is 0 Å². The standard InChI is InChI=1S/C25H38N2O4/c1-16(2)9-19-14-27-8-6-17-11-23(29-3)24(30-4)12-21(17)22(27)10-20(19)15-31-25(28)18-5-7-26-13-18/h11-12,16,18-20,22,26H,5-10,13-15H2,1-4H3/t18?,19-,20+,22-/m1/s1. The number of nitrogens with zero attached hydrogens (tertiary/aromatic N) is 1. The predicted octanol–water partition coefficient (Wildman–Crippen LogP) is 3.44. The quantitative estimate of drug-likeness (QED) is 0.669. The second-order valence-corrected chi connectivity index (χ2v) is 9.87. The van der Waals surface area contributed by atoms with E-state index in [1.165, 1.54) is 17.5 Å². The molecule has 4 rings (SSSR count). The molecule has 0 aromatic heterocycles. The Balaban J connectivity index is 1.53. The molecule has 2 fully saturated rings. The van der Waals surface area contributed by atoms with Gasteiger partial charge in [0.25, 0.3) is 0 Å². The lowest BCUT2D eigenvalue weighted by Gasteiger charge is -2.47. The largest absolute Gasteiger partial charge is 0.493 e. The minimum absolute atomic E-state index is 0.0221. The summed E-state index contributed by atoms with van der Waals surface area (Å²) in [6, 6.07) is 4.67. The molecule has 4 atom stereocenters. The number of carbonyl (C=O) groups excluding carboxylic acids is 1. The Morgan fingerprint density at radius 1 is 1.19 bits per heavy atom. The van der Waals surface area contributed by atoms with Crippen LogP contribution in [0.4, 0.5) is 0 Å². The molecule has 3 aliphatic heterocycles. The van der Waals surface area contributed by atoms with Gasteiger partial charge in [-0.2, -0.15) is 0 Å². The van der Waals surface area contributed by atoms with E-state index in [1.807, 2.05) is 0 Å². The van der Waals surface area contributed by atoms with Crippen LogP contribution in [0.25, 0.3) is 0 Å². The van der Waals surface area contributed by atoms with Crippen molar-refractivity contribution < 1.29 is 19.0 Å². The van der Waals surface area contributed by atoms with Gasteiger partial charge in [0, 0.05) is 25.7 Å². The fourth-order valence-corrected chi connectivity index (χ4v) is 5.74. The molecular weight excluding hydrogens is 392 g/mol. The Morgan fingerprint density at radius 2 is 1.97 bits per heavy atom. The first-order valence-electron chi connectivity index (χ1n) is 11.9. The molecule has 0 radical (unpaired) electrons. The fraction of sp³-hybridized carbons (Fsp3) is 0.720. The third-order valence-electron chi connectivity index (χ3n) is 7.38. The van der Waals surface area contributed by atoms with Crippen molar-refractivity contribution in [1.82, 2.24) is 10.2 Å². The highest BCUT2D eigenvalue weighted by Crippen LogP contribution is 2.45. The fourth-order valence-electron chi connectivity index (χ4n) is 5.74. The number of hydrogen-bond donors (Lipinski definition) is 1. The molecule has 1 aromatic rings. The molecule has 6 heteroatoms. The average molecular weight is 431 g/mol. The summed E-state index contributed by atoms with van der Waals surface area (Å²) in [4.78, 5) is 15.2. The summed E-state index contributed by atoms with van der Waals surface area (Å²) in [5.41, 5.74) is 2.71. The van der Waals surface area contributed by atoms with Crippen LogP contribution in [0.5, 0.6) is 11.5 Å². The van der Waals surface area contributed by atoms with Crippen molar-refractivity contribution in [3.63, 3.8) is 0 Å². The summed E-state index contributed by atoms with van der Waals surface area (Å²) < 4.78 is 17.0. The first-order valence-corrected chi connectivity index (χ1v) is 11.9. The van der Waals surface area contributed by atoms with Gasteiger partial charge in [-0.05, 0) is 73.2 Å². The van der Waals surface area contributed by atoms with Crippen LogP contribution >= 0.6 is 0 Å². The molecule has 1 unspecified atom stereocenters. The maximum atomic E-state index is 12.5. The van der Waals surface area contributed by atoms with Crippen LogP contribution in [0.15, 0.2) is 12.1 Å². The van der Waals surface area contributed by atoms with Gasteiger partial charge in [0.05, 0.1) is 26.7 Å². The average Bonchev–Trinajstić information content (AvgIpc) is 3.31. The van der Waals surface area contributed by atoms with Crippen molar-refractivity contribution in [2.75, 3.05) is 47.0 Å². The highest BCUT2D eigenvalue weighted by atomic mass is 16.5. The van der Waals surface area contributed by atoms with Crippen molar-refractivity contribution in [3.05, 3.63) is 23.3 Å². The summed E-state index contributed by atoms with van der Waals surface area (Å²) in [5, 5.41) is 3.26. The lowest BCUT2D eigenvalue weighted by Crippen LogP contribution is -2.47. The van der Waals surface area contributed by atoms with Gasteiger partial charge in [-0.1, -0.05) is 13.8 Å². The second kappa shape index (κ2) is 9.78. The molecule has 3 heterocycles. The van der Waals surface area contributed by atoms with Crippen LogP contribution in [0.2, 0.25) is 0 Å². The zero-order valence-electron chi connectivity index (χ0n) is 19.5. The summed E-state index contributed by atoms with van der Waals surface area (Å²) in [5.74, 6) is 3.19. The molecule has 0 bridgehead atoms. The number of nitrogens with one attached hydrogen (secondary N) is 1. The van der Waals surface area contributed by atoms with Gasteiger partial charge < -0.3 is 19.5 Å². The SMILES string of the molecule is COc1cc2c(cc1OC)[C@H]1C[C@@H](COC(=O)C3CCNC3)[C@H](CC(C)C)CN1CC2. The van der Waals surface area contributed by atoms with Crippen LogP contribution < -0.4 is 14.8 Å². The molecule has 2 saturated heterocycles. The Bertz CT molecular complexity index is 775. The molecule has 31 heavy (non-hydrogen) atoms. The van der Waals surface area contributed by atoms with Gasteiger partial charge >= 0.3 is 5.97 Å². The van der Waals surface area contributed by atoms with Gasteiger partial charge in [-0.15, -0.1) is 0 Å². The second-order valence-electron chi connectivity index (χ2n) is 9.87. The van der Waals surface area contributed by atoms with E-state index in [4.69, 9.17) is 14.2 Å². The number of benzene rings is 1. The topological polar surface area (TPSA) is 60.0 Å². The van der Waals surface area contributed by atoms with Crippen LogP contribution in [0.1, 0.15) is 50.3 Å². The van der Waals surface area contributed by atoms with E-state index in [2.05, 4.69) is 36.2 Å². The molecule has 0 spiro atoms. The van der Waals surface area contributed by atoms with E-state index in [9.17, 15) is 4.79 Å². The van der Waals surface area contributed by atoms with Crippen LogP contribution in [-0.4, -0.2) is 57.9 Å². The molecule has 0 aliphatic carbocycles. The van der Waals surface area contributed by atoms with Crippen LogP contribution in [0, 0.1) is 23.7 Å². The highest BCUT2D eigenvalue weighted by Gasteiger charge is 2.40. The molecule has 0 amide bonds. The number of ether oxygens (including phenoxy) is 3. The lowest BCUT2D eigenvalue weighted by molar-refractivity contribution is -0.151. The Labute approximate surface area is 186 Å². The highest BCUT2D eigenvalue weighted by molar-refractivity contribution is 5.73. The normalized spacial score (nSPS) is 28.2. The summed E-state index contributed by atoms with van der Waals surface area (Å²) >= 11 is 0. The number of carbonyl (C=O) groups is 1. The molecular formula is C25H38N2O4. The van der Waals surface area contributed by atoms with E-state index in [1.54, 1.807) is 14.2 Å². The zero-order valence-corrected chi connectivity index (χ0v) is 19.5. The van der Waals surface area contributed by atoms with E-state index in [0.717, 1.165) is 56.9 Å². The summed E-state index contributed by atoms with van der Waals surface area (Å²) in [7, 11) is 3.39. The molecule has 6 nitrogen and oxygen atoms in total. The number of esters is 1. The molecule has 3 aliphatic rings. The zero-order chi connectivity index (χ0) is 22.0. The number of piperidine rings is 1. The minimum Gasteiger partial charge on any atom is -0.493 e. The van der Waals surface area contributed by atoms with E-state index in [0.29, 0.717) is 30.4 Å². The number of hydrogen-bond acceptors (Lipinski definition) is 6. The maximum Gasteiger partial charge on any atom is 0.310 e. The van der Waals surface area contributed by atoms with E-state index in [-0.39, 0.29) is 11.9 Å². The third kappa shape index (κ3) is 4.85. The monoisotopic (exact) mass is 430 g/mol. The van der Waals surface area contributed by atoms with Gasteiger partial charge in [-0.25, -0.2) is 0 Å². The Morgan fingerprint density at radius 3 is 2.65 bits per heavy atom. The van der Waals surface area contributed by atoms with Crippen molar-refractivity contribution in [2.24, 2.45) is 23.7 Å². The maximum absolute atomic E-state index is 12.5. The van der Waals surface area contributed by atoms with Crippen molar-refractivity contribution in [1.29, 1.82) is 0 Å². The van der Waals surface area contributed by atoms with Crippen LogP contribution in [-0.2, 0) is 16.0 Å². The number of rotatable bonds is 7. The van der Waals surface area contributed by atoms with Gasteiger partial charge in [0.1, 0.15) is 0 Å². The summed E-state index contributed by atoms with van der Waals surface area (Å²) in [6.07, 6.45) is 4.13. The molecule has 1 aromatic carbocycles. The third-order valence-corrected chi connectivity index (χ3v) is 7.38. The first kappa shape index (κ1) is 22.4. The van der Waals surface area contributed by atoms with Crippen molar-refractivity contribution >= 4 is 5.97 Å². The van der Waals surface area contributed by atoms with Gasteiger partial charge in [0.2, 0.25) is 0 Å². The molecule has 1 N–H and O–H groups in total. The van der Waals surface area contributed by atoms with Gasteiger partial charge in [0.15, 0.2) is 11.5 Å². The van der Waals surface area contributed by atoms with Gasteiger partial charge in [-0.3, -0.25) is 9.69 Å². The van der Waals surface area contributed by atoms with Crippen molar-refractivity contribution in [2.45, 2.75) is 45.6 Å². The minimum atomic E-state index is -0.0221. The van der Waals surface area contributed by atoms with E-state index < -0.39 is 0 Å². The predicted molar refractivity (Wildman–Crippen MR) is 121 cm³/mol. The first-order chi connectivity index (χ1) is 15.0. The smallest absolute Gasteiger partial charge is 0.310 e. The van der Waals surface area contributed by atoms with Crippen LogP contribution in [0.3, 0.4) is 0 Å². The number of fused-ring (bicyclic) bond motifs is 3. The molecule has 172 valence electrons. The summed E-state index contributed by atoms with van der Waals surface area (Å²) in [6.45, 7) is 8.94. The lowest BCUT2D eigenvalue weighted by atomic mass is 9.74. The Hall–Kier alpha value is -1.79. The molecule has 0 saturated carbocycles. The number of methoxy groups -OCH3 is 2. The Kier molecular flexibility index (Phi) is 7.07.